The van der Waals surface area contributed by atoms with Crippen LogP contribution in [0.5, 0.6) is 0 Å². The molecule has 3 rings (SSSR count). The third kappa shape index (κ3) is 3.30. The van der Waals surface area contributed by atoms with E-state index < -0.39 is 29.2 Å². The molecule has 2 aliphatic rings. The molecule has 1 saturated carbocycles. The van der Waals surface area contributed by atoms with Crippen LogP contribution in [0.1, 0.15) is 32.1 Å². The van der Waals surface area contributed by atoms with Gasteiger partial charge in [-0.2, -0.15) is 0 Å². The van der Waals surface area contributed by atoms with E-state index in [1.165, 1.54) is 18.2 Å². The molecule has 1 fully saturated rings. The first-order valence-corrected chi connectivity index (χ1v) is 8.28. The van der Waals surface area contributed by atoms with Crippen LogP contribution in [-0.4, -0.2) is 22.8 Å². The lowest BCUT2D eigenvalue weighted by Crippen LogP contribution is -2.45. The van der Waals surface area contributed by atoms with Crippen LogP contribution in [0.25, 0.3) is 0 Å². The number of esters is 1. The molecule has 8 heteroatoms. The normalized spacial score (nSPS) is 19.7. The van der Waals surface area contributed by atoms with Gasteiger partial charge in [0.15, 0.2) is 0 Å². The summed E-state index contributed by atoms with van der Waals surface area (Å²) < 4.78 is 10.7. The molecule has 1 aliphatic carbocycles. The Balaban J connectivity index is 1.81. The highest BCUT2D eigenvalue weighted by Crippen LogP contribution is 2.38. The average molecular weight is 372 g/mol. The molecule has 0 aromatic heterocycles. The van der Waals surface area contributed by atoms with Crippen molar-refractivity contribution in [1.82, 2.24) is 0 Å². The van der Waals surface area contributed by atoms with Gasteiger partial charge in [0.25, 0.3) is 11.7 Å². The summed E-state index contributed by atoms with van der Waals surface area (Å²) in [5.41, 5.74) is -0.339. The summed E-state index contributed by atoms with van der Waals surface area (Å²) >= 11 is 11.8. The molecule has 6 nitrogen and oxygen atoms in total. The number of aliphatic hydroxyl groups is 1. The van der Waals surface area contributed by atoms with Gasteiger partial charge in [-0.15, -0.1) is 0 Å². The first kappa shape index (κ1) is 16.9. The fourth-order valence-electron chi connectivity index (χ4n) is 2.82. The van der Waals surface area contributed by atoms with Crippen LogP contribution in [0.2, 0.25) is 10.0 Å². The molecule has 0 atom stereocenters. The Morgan fingerprint density at radius 1 is 1.17 bits per heavy atom. The number of anilines is 1. The lowest BCUT2D eigenvalue weighted by atomic mass is 9.93. The number of hydrogen-bond acceptors (Lipinski definition) is 5. The van der Waals surface area contributed by atoms with Crippen molar-refractivity contribution in [2.45, 2.75) is 37.9 Å². The summed E-state index contributed by atoms with van der Waals surface area (Å²) in [6.45, 7) is 0. The molecule has 1 aliphatic heterocycles. The number of amides is 1. The molecule has 0 radical (unpaired) electrons. The summed E-state index contributed by atoms with van der Waals surface area (Å²) in [7, 11) is 0. The maximum Gasteiger partial charge on any atom is 0.354 e. The highest BCUT2D eigenvalue weighted by atomic mass is 35.5. The largest absolute Gasteiger partial charge is 0.480 e. The number of hydrogen-bond donors (Lipinski definition) is 2. The monoisotopic (exact) mass is 371 g/mol. The van der Waals surface area contributed by atoms with Crippen molar-refractivity contribution in [3.8, 4) is 0 Å². The van der Waals surface area contributed by atoms with Crippen molar-refractivity contribution >= 4 is 40.8 Å². The molecule has 1 aromatic carbocycles. The lowest BCUT2D eigenvalue weighted by Gasteiger charge is -2.38. The molecule has 1 heterocycles. The second-order valence-electron chi connectivity index (χ2n) is 5.72. The fraction of sp³-hybridized carbons (Fsp3) is 0.375. The van der Waals surface area contributed by atoms with Crippen LogP contribution in [0.4, 0.5) is 5.69 Å². The number of halogens is 2. The third-order valence-corrected chi connectivity index (χ3v) is 4.55. The van der Waals surface area contributed by atoms with Crippen LogP contribution < -0.4 is 5.32 Å². The van der Waals surface area contributed by atoms with E-state index in [1.807, 2.05) is 0 Å². The number of benzene rings is 1. The van der Waals surface area contributed by atoms with Crippen LogP contribution in [-0.2, 0) is 19.1 Å². The van der Waals surface area contributed by atoms with Crippen LogP contribution in [0, 0.1) is 0 Å². The molecule has 0 bridgehead atoms. The topological polar surface area (TPSA) is 84.9 Å². The summed E-state index contributed by atoms with van der Waals surface area (Å²) in [4.78, 5) is 24.5. The van der Waals surface area contributed by atoms with E-state index in [0.29, 0.717) is 17.9 Å². The number of carbonyl (C=O) groups is 2. The van der Waals surface area contributed by atoms with Gasteiger partial charge in [0.1, 0.15) is 0 Å². The Labute approximate surface area is 148 Å². The summed E-state index contributed by atoms with van der Waals surface area (Å²) in [6.07, 6.45) is 3.63. The van der Waals surface area contributed by atoms with Crippen LogP contribution >= 0.6 is 23.2 Å². The highest BCUT2D eigenvalue weighted by Gasteiger charge is 2.46. The van der Waals surface area contributed by atoms with Gasteiger partial charge in [0, 0.05) is 17.9 Å². The van der Waals surface area contributed by atoms with Crippen LogP contribution in [0.3, 0.4) is 0 Å². The molecule has 1 spiro atoms. The smallest absolute Gasteiger partial charge is 0.354 e. The molecule has 24 heavy (non-hydrogen) atoms. The van der Waals surface area contributed by atoms with Gasteiger partial charge in [-0.1, -0.05) is 29.6 Å². The first-order valence-electron chi connectivity index (χ1n) is 7.52. The van der Waals surface area contributed by atoms with Gasteiger partial charge in [-0.25, -0.2) is 4.79 Å². The fourth-order valence-corrected chi connectivity index (χ4v) is 3.27. The molecular weight excluding hydrogens is 357 g/mol. The van der Waals surface area contributed by atoms with Crippen molar-refractivity contribution < 1.29 is 24.2 Å². The first-order chi connectivity index (χ1) is 11.4. The molecular formula is C16H15Cl2NO5. The molecule has 128 valence electrons. The predicted octanol–water partition coefficient (Wildman–Crippen LogP) is 3.94. The predicted molar refractivity (Wildman–Crippen MR) is 87.7 cm³/mol. The Bertz CT molecular complexity index is 725. The maximum absolute atomic E-state index is 12.3. The Morgan fingerprint density at radius 2 is 1.88 bits per heavy atom. The Hall–Kier alpha value is -1.92. The number of ether oxygens (including phenoxy) is 2. The molecule has 1 aromatic rings. The van der Waals surface area contributed by atoms with Crippen molar-refractivity contribution in [3.05, 3.63) is 39.8 Å². The van der Waals surface area contributed by atoms with E-state index in [-0.39, 0.29) is 10.7 Å². The van der Waals surface area contributed by atoms with E-state index in [9.17, 15) is 14.7 Å². The zero-order chi connectivity index (χ0) is 17.3. The van der Waals surface area contributed by atoms with Gasteiger partial charge in [0.05, 0.1) is 10.7 Å². The van der Waals surface area contributed by atoms with Crippen LogP contribution in [0.15, 0.2) is 29.7 Å². The SMILES string of the molecule is O=C(Nc1ccc(Cl)cc1Cl)C1=C(O)OC2(CCCCC2)OC1=O. The van der Waals surface area contributed by atoms with Gasteiger partial charge in [-0.05, 0) is 31.0 Å². The molecule has 0 saturated heterocycles. The zero-order valence-electron chi connectivity index (χ0n) is 12.6. The minimum absolute atomic E-state index is 0.199. The Morgan fingerprint density at radius 3 is 2.50 bits per heavy atom. The maximum atomic E-state index is 12.3. The van der Waals surface area contributed by atoms with Gasteiger partial charge in [0.2, 0.25) is 5.57 Å². The molecule has 1 amide bonds. The zero-order valence-corrected chi connectivity index (χ0v) is 14.1. The number of carbonyl (C=O) groups excluding carboxylic acids is 2. The second kappa shape index (κ2) is 6.53. The van der Waals surface area contributed by atoms with Crippen molar-refractivity contribution in [2.75, 3.05) is 5.32 Å². The van der Waals surface area contributed by atoms with Gasteiger partial charge < -0.3 is 19.9 Å². The van der Waals surface area contributed by atoms with E-state index in [1.54, 1.807) is 0 Å². The van der Waals surface area contributed by atoms with Gasteiger partial charge in [-0.3, -0.25) is 4.79 Å². The number of nitrogens with one attached hydrogen (secondary N) is 1. The third-order valence-electron chi connectivity index (χ3n) is 4.00. The Kier molecular flexibility index (Phi) is 4.60. The van der Waals surface area contributed by atoms with Crippen molar-refractivity contribution in [2.24, 2.45) is 0 Å². The minimum atomic E-state index is -1.17. The number of aliphatic hydroxyl groups excluding tert-OH is 1. The standard InChI is InChI=1S/C16H15Cl2NO5/c17-9-4-5-11(10(18)8-9)19-13(20)12-14(21)23-16(24-15(12)22)6-2-1-3-7-16/h4-5,8,21H,1-3,6-7H2,(H,19,20). The second-order valence-corrected chi connectivity index (χ2v) is 6.57. The summed E-state index contributed by atoms with van der Waals surface area (Å²) in [5, 5.41) is 13.1. The summed E-state index contributed by atoms with van der Waals surface area (Å²) in [6, 6.07) is 4.46. The minimum Gasteiger partial charge on any atom is -0.480 e. The van der Waals surface area contributed by atoms with Gasteiger partial charge >= 0.3 is 11.9 Å². The highest BCUT2D eigenvalue weighted by molar-refractivity contribution is 6.37. The van der Waals surface area contributed by atoms with Crippen molar-refractivity contribution in [1.29, 1.82) is 0 Å². The van der Waals surface area contributed by atoms with E-state index in [4.69, 9.17) is 32.7 Å². The number of rotatable bonds is 2. The quantitative estimate of drug-likeness (QED) is 0.607. The molecule has 0 unspecified atom stereocenters. The van der Waals surface area contributed by atoms with E-state index in [0.717, 1.165) is 19.3 Å². The van der Waals surface area contributed by atoms with E-state index >= 15 is 0 Å². The van der Waals surface area contributed by atoms with Crippen molar-refractivity contribution in [3.63, 3.8) is 0 Å². The lowest BCUT2D eigenvalue weighted by molar-refractivity contribution is -0.249. The summed E-state index contributed by atoms with van der Waals surface area (Å²) in [5.74, 6) is -3.67. The average Bonchev–Trinajstić information content (AvgIpc) is 2.50. The molecule has 2 N–H and O–H groups in total. The van der Waals surface area contributed by atoms with E-state index in [2.05, 4.69) is 5.32 Å².